The Morgan fingerprint density at radius 2 is 2.62 bits per heavy atom. The Kier molecular flexibility index (Phi) is 3.87. The molecule has 2 unspecified atom stereocenters. The standard InChI is InChI=1S/C10H19N5O/c1-15-7-9(13-14-15)5-8(12-11)6-10-3-2-4-16-10/h7-8,10,12H,2-6,11H2,1H3. The van der Waals surface area contributed by atoms with Gasteiger partial charge in [0.1, 0.15) is 0 Å². The summed E-state index contributed by atoms with van der Waals surface area (Å²) in [5.41, 5.74) is 3.79. The third-order valence-corrected chi connectivity index (χ3v) is 2.91. The van der Waals surface area contributed by atoms with Crippen LogP contribution < -0.4 is 11.3 Å². The third kappa shape index (κ3) is 3.01. The molecule has 1 aromatic rings. The Morgan fingerprint density at radius 3 is 3.19 bits per heavy atom. The fourth-order valence-corrected chi connectivity index (χ4v) is 2.10. The van der Waals surface area contributed by atoms with Gasteiger partial charge in [-0.15, -0.1) is 5.10 Å². The van der Waals surface area contributed by atoms with E-state index >= 15 is 0 Å². The van der Waals surface area contributed by atoms with E-state index in [0.29, 0.717) is 6.10 Å². The highest BCUT2D eigenvalue weighted by atomic mass is 16.5. The number of ether oxygens (including phenoxy) is 1. The van der Waals surface area contributed by atoms with Gasteiger partial charge in [-0.1, -0.05) is 5.21 Å². The molecule has 0 aliphatic carbocycles. The molecule has 90 valence electrons. The van der Waals surface area contributed by atoms with Crippen LogP contribution in [0.4, 0.5) is 0 Å². The molecule has 1 fully saturated rings. The van der Waals surface area contributed by atoms with Crippen LogP contribution >= 0.6 is 0 Å². The van der Waals surface area contributed by atoms with Crippen molar-refractivity contribution in [2.45, 2.75) is 37.8 Å². The second-order valence-corrected chi connectivity index (χ2v) is 4.32. The van der Waals surface area contributed by atoms with Crippen LogP contribution in [0.25, 0.3) is 0 Å². The van der Waals surface area contributed by atoms with E-state index in [-0.39, 0.29) is 6.04 Å². The number of hydrogen-bond acceptors (Lipinski definition) is 5. The predicted molar refractivity (Wildman–Crippen MR) is 59.4 cm³/mol. The zero-order chi connectivity index (χ0) is 11.4. The van der Waals surface area contributed by atoms with E-state index in [9.17, 15) is 0 Å². The highest BCUT2D eigenvalue weighted by Gasteiger charge is 2.21. The van der Waals surface area contributed by atoms with Gasteiger partial charge in [-0.05, 0) is 19.3 Å². The highest BCUT2D eigenvalue weighted by molar-refractivity contribution is 4.96. The van der Waals surface area contributed by atoms with Crippen molar-refractivity contribution in [3.05, 3.63) is 11.9 Å². The largest absolute Gasteiger partial charge is 0.378 e. The fourth-order valence-electron chi connectivity index (χ4n) is 2.10. The first-order valence-electron chi connectivity index (χ1n) is 5.71. The predicted octanol–water partition coefficient (Wildman–Crippen LogP) is -0.241. The van der Waals surface area contributed by atoms with Gasteiger partial charge in [-0.2, -0.15) is 0 Å². The van der Waals surface area contributed by atoms with Crippen molar-refractivity contribution < 1.29 is 4.74 Å². The molecule has 2 heterocycles. The quantitative estimate of drug-likeness (QED) is 0.534. The van der Waals surface area contributed by atoms with Gasteiger partial charge >= 0.3 is 0 Å². The molecule has 6 heteroatoms. The third-order valence-electron chi connectivity index (χ3n) is 2.91. The Morgan fingerprint density at radius 1 is 1.75 bits per heavy atom. The number of hydrogen-bond donors (Lipinski definition) is 2. The molecule has 0 aromatic carbocycles. The first-order chi connectivity index (χ1) is 7.78. The van der Waals surface area contributed by atoms with Crippen molar-refractivity contribution in [2.75, 3.05) is 6.61 Å². The second-order valence-electron chi connectivity index (χ2n) is 4.32. The van der Waals surface area contributed by atoms with E-state index in [1.165, 1.54) is 0 Å². The van der Waals surface area contributed by atoms with Crippen molar-refractivity contribution in [2.24, 2.45) is 12.9 Å². The Labute approximate surface area is 95.1 Å². The average molecular weight is 225 g/mol. The molecular weight excluding hydrogens is 206 g/mol. The van der Waals surface area contributed by atoms with Gasteiger partial charge in [0.05, 0.1) is 11.8 Å². The summed E-state index contributed by atoms with van der Waals surface area (Å²) in [6.07, 6.45) is 6.29. The summed E-state index contributed by atoms with van der Waals surface area (Å²) < 4.78 is 7.29. The summed E-state index contributed by atoms with van der Waals surface area (Å²) in [7, 11) is 1.86. The minimum absolute atomic E-state index is 0.208. The Hall–Kier alpha value is -0.980. The van der Waals surface area contributed by atoms with Crippen molar-refractivity contribution in [1.82, 2.24) is 20.4 Å². The number of nitrogens with zero attached hydrogens (tertiary/aromatic N) is 3. The summed E-state index contributed by atoms with van der Waals surface area (Å²) >= 11 is 0. The van der Waals surface area contributed by atoms with Crippen LogP contribution in [-0.2, 0) is 18.2 Å². The Balaban J connectivity index is 1.84. The molecule has 1 saturated heterocycles. The number of aryl methyl sites for hydroxylation is 1. The molecular formula is C10H19N5O. The summed E-state index contributed by atoms with van der Waals surface area (Å²) in [6.45, 7) is 0.882. The van der Waals surface area contributed by atoms with Crippen LogP contribution in [0, 0.1) is 0 Å². The molecule has 0 radical (unpaired) electrons. The maximum atomic E-state index is 5.59. The normalized spacial score (nSPS) is 22.5. The summed E-state index contributed by atoms with van der Waals surface area (Å²) in [5.74, 6) is 5.54. The molecule has 1 aromatic heterocycles. The molecule has 3 N–H and O–H groups in total. The van der Waals surface area contributed by atoms with Gasteiger partial charge in [0, 0.05) is 32.3 Å². The van der Waals surface area contributed by atoms with Crippen LogP contribution in [0.5, 0.6) is 0 Å². The van der Waals surface area contributed by atoms with Crippen molar-refractivity contribution >= 4 is 0 Å². The molecule has 6 nitrogen and oxygen atoms in total. The number of hydrazine groups is 1. The van der Waals surface area contributed by atoms with Gasteiger partial charge < -0.3 is 4.74 Å². The molecule has 0 spiro atoms. The Bertz CT molecular complexity index is 321. The van der Waals surface area contributed by atoms with E-state index in [1.54, 1.807) is 4.68 Å². The second kappa shape index (κ2) is 5.38. The molecule has 16 heavy (non-hydrogen) atoms. The van der Waals surface area contributed by atoms with E-state index < -0.39 is 0 Å². The summed E-state index contributed by atoms with van der Waals surface area (Å²) in [6, 6.07) is 0.208. The smallest absolute Gasteiger partial charge is 0.0843 e. The lowest BCUT2D eigenvalue weighted by Gasteiger charge is -2.18. The monoisotopic (exact) mass is 225 g/mol. The molecule has 0 bridgehead atoms. The number of nitrogens with one attached hydrogen (secondary N) is 1. The molecule has 0 amide bonds. The SMILES string of the molecule is Cn1cc(CC(CC2CCCO2)NN)nn1. The van der Waals surface area contributed by atoms with Crippen LogP contribution in [0.2, 0.25) is 0 Å². The van der Waals surface area contributed by atoms with Crippen molar-refractivity contribution in [3.8, 4) is 0 Å². The zero-order valence-electron chi connectivity index (χ0n) is 9.59. The minimum Gasteiger partial charge on any atom is -0.378 e. The number of aromatic nitrogens is 3. The maximum absolute atomic E-state index is 5.59. The van der Waals surface area contributed by atoms with Crippen LogP contribution in [0.1, 0.15) is 25.0 Å². The van der Waals surface area contributed by atoms with E-state index in [2.05, 4.69) is 15.7 Å². The van der Waals surface area contributed by atoms with E-state index in [4.69, 9.17) is 10.6 Å². The summed E-state index contributed by atoms with van der Waals surface area (Å²) in [5, 5.41) is 7.96. The van der Waals surface area contributed by atoms with Gasteiger partial charge in [-0.3, -0.25) is 16.0 Å². The lowest BCUT2D eigenvalue weighted by molar-refractivity contribution is 0.0945. The van der Waals surface area contributed by atoms with Gasteiger partial charge in [0.15, 0.2) is 0 Å². The van der Waals surface area contributed by atoms with Gasteiger partial charge in [0.2, 0.25) is 0 Å². The van der Waals surface area contributed by atoms with Gasteiger partial charge in [-0.25, -0.2) is 0 Å². The topological polar surface area (TPSA) is 78.0 Å². The molecule has 2 atom stereocenters. The van der Waals surface area contributed by atoms with Crippen LogP contribution in [0.15, 0.2) is 6.20 Å². The molecule has 0 saturated carbocycles. The molecule has 2 rings (SSSR count). The van der Waals surface area contributed by atoms with Crippen LogP contribution in [-0.4, -0.2) is 33.7 Å². The zero-order valence-corrected chi connectivity index (χ0v) is 9.59. The average Bonchev–Trinajstić information content (AvgIpc) is 2.89. The van der Waals surface area contributed by atoms with Crippen molar-refractivity contribution in [3.63, 3.8) is 0 Å². The lowest BCUT2D eigenvalue weighted by Crippen LogP contribution is -2.39. The first-order valence-corrected chi connectivity index (χ1v) is 5.71. The van der Waals surface area contributed by atoms with E-state index in [0.717, 1.165) is 38.0 Å². The lowest BCUT2D eigenvalue weighted by atomic mass is 10.0. The van der Waals surface area contributed by atoms with Crippen molar-refractivity contribution in [1.29, 1.82) is 0 Å². The van der Waals surface area contributed by atoms with Gasteiger partial charge in [0.25, 0.3) is 0 Å². The first kappa shape index (κ1) is 11.5. The summed E-state index contributed by atoms with van der Waals surface area (Å²) in [4.78, 5) is 0. The minimum atomic E-state index is 0.208. The highest BCUT2D eigenvalue weighted by Crippen LogP contribution is 2.17. The fraction of sp³-hybridized carbons (Fsp3) is 0.800. The molecule has 1 aliphatic heterocycles. The molecule has 1 aliphatic rings. The van der Waals surface area contributed by atoms with Crippen LogP contribution in [0.3, 0.4) is 0 Å². The number of rotatable bonds is 5. The van der Waals surface area contributed by atoms with E-state index in [1.807, 2.05) is 13.2 Å². The number of nitrogens with two attached hydrogens (primary N) is 1. The maximum Gasteiger partial charge on any atom is 0.0843 e.